The molecule has 0 aliphatic carbocycles. The predicted molar refractivity (Wildman–Crippen MR) is 77.2 cm³/mol. The number of aromatic nitrogens is 3. The Hall–Kier alpha value is -2.02. The topological polar surface area (TPSA) is 96.7 Å². The molecule has 6 nitrogen and oxygen atoms in total. The van der Waals surface area contributed by atoms with Gasteiger partial charge in [0.05, 0.1) is 0 Å². The molecule has 2 aromatic heterocycles. The number of rotatable bonds is 5. The van der Waals surface area contributed by atoms with Gasteiger partial charge in [0.15, 0.2) is 5.16 Å². The van der Waals surface area contributed by atoms with Crippen LogP contribution in [0.2, 0.25) is 0 Å². The highest BCUT2D eigenvalue weighted by molar-refractivity contribution is 7.98. The average Bonchev–Trinajstić information content (AvgIpc) is 2.36. The Morgan fingerprint density at radius 3 is 3.05 bits per heavy atom. The van der Waals surface area contributed by atoms with Crippen LogP contribution in [0.4, 0.5) is 11.6 Å². The molecule has 2 aromatic rings. The number of nitrogens with zero attached hydrogens (tertiary/aromatic N) is 2. The summed E-state index contributed by atoms with van der Waals surface area (Å²) in [6, 6.07) is 5.17. The van der Waals surface area contributed by atoms with Crippen molar-refractivity contribution in [3.8, 4) is 0 Å². The molecule has 0 aromatic carbocycles. The number of aromatic amines is 1. The Morgan fingerprint density at radius 2 is 2.32 bits per heavy atom. The second kappa shape index (κ2) is 6.24. The Morgan fingerprint density at radius 1 is 1.47 bits per heavy atom. The minimum absolute atomic E-state index is 0.231. The van der Waals surface area contributed by atoms with Crippen LogP contribution in [-0.2, 0) is 5.75 Å². The molecule has 100 valence electrons. The first kappa shape index (κ1) is 13.4. The van der Waals surface area contributed by atoms with Gasteiger partial charge in [0.1, 0.15) is 11.6 Å². The molecule has 0 bridgehead atoms. The van der Waals surface area contributed by atoms with E-state index in [0.717, 1.165) is 17.9 Å². The van der Waals surface area contributed by atoms with Gasteiger partial charge in [-0.2, -0.15) is 0 Å². The molecule has 0 unspecified atom stereocenters. The van der Waals surface area contributed by atoms with Crippen molar-refractivity contribution in [3.63, 3.8) is 0 Å². The lowest BCUT2D eigenvalue weighted by Crippen LogP contribution is -2.09. The minimum Gasteiger partial charge on any atom is -0.383 e. The maximum Gasteiger partial charge on any atom is 0.253 e. The number of thioether (sulfide) groups is 1. The van der Waals surface area contributed by atoms with Crippen LogP contribution in [0.5, 0.6) is 0 Å². The summed E-state index contributed by atoms with van der Waals surface area (Å²) >= 11 is 1.43. The fourth-order valence-electron chi connectivity index (χ4n) is 1.52. The van der Waals surface area contributed by atoms with E-state index in [-0.39, 0.29) is 11.4 Å². The molecule has 4 N–H and O–H groups in total. The lowest BCUT2D eigenvalue weighted by atomic mass is 10.3. The average molecular weight is 277 g/mol. The van der Waals surface area contributed by atoms with Gasteiger partial charge in [-0.3, -0.25) is 4.79 Å². The fourth-order valence-corrected chi connectivity index (χ4v) is 2.34. The molecule has 19 heavy (non-hydrogen) atoms. The molecular weight excluding hydrogens is 262 g/mol. The number of pyridine rings is 1. The van der Waals surface area contributed by atoms with Crippen molar-refractivity contribution in [1.82, 2.24) is 15.0 Å². The normalized spacial score (nSPS) is 10.4. The Bertz CT molecular complexity index is 613. The molecule has 0 fully saturated rings. The van der Waals surface area contributed by atoms with Gasteiger partial charge in [-0.1, -0.05) is 11.8 Å². The lowest BCUT2D eigenvalue weighted by molar-refractivity contribution is 0.945. The Labute approximate surface area is 114 Å². The fraction of sp³-hybridized carbons (Fsp3) is 0.250. The second-order valence-electron chi connectivity index (χ2n) is 3.84. The molecule has 0 saturated carbocycles. The van der Waals surface area contributed by atoms with Crippen LogP contribution in [0.15, 0.2) is 34.3 Å². The van der Waals surface area contributed by atoms with Crippen LogP contribution >= 0.6 is 11.8 Å². The summed E-state index contributed by atoms with van der Waals surface area (Å²) in [5.74, 6) is 1.76. The van der Waals surface area contributed by atoms with Crippen LogP contribution in [0.3, 0.4) is 0 Å². The number of nitrogens with two attached hydrogens (primary N) is 1. The summed E-state index contributed by atoms with van der Waals surface area (Å²) in [5.41, 5.74) is 6.39. The zero-order valence-electron chi connectivity index (χ0n) is 10.5. The molecule has 0 saturated heterocycles. The van der Waals surface area contributed by atoms with Gasteiger partial charge < -0.3 is 16.0 Å². The summed E-state index contributed by atoms with van der Waals surface area (Å²) in [5, 5.41) is 3.67. The van der Waals surface area contributed by atoms with E-state index < -0.39 is 0 Å². The molecule has 0 radical (unpaired) electrons. The van der Waals surface area contributed by atoms with E-state index in [1.165, 1.54) is 17.8 Å². The summed E-state index contributed by atoms with van der Waals surface area (Å²) in [6.45, 7) is 2.85. The number of nitrogen functional groups attached to an aromatic ring is 1. The third-order valence-corrected chi connectivity index (χ3v) is 3.24. The third kappa shape index (κ3) is 3.99. The number of H-pyrrole nitrogens is 1. The largest absolute Gasteiger partial charge is 0.383 e. The van der Waals surface area contributed by atoms with E-state index in [0.29, 0.717) is 10.9 Å². The molecule has 0 spiro atoms. The van der Waals surface area contributed by atoms with Crippen molar-refractivity contribution in [2.45, 2.75) is 17.8 Å². The van der Waals surface area contributed by atoms with Crippen molar-refractivity contribution in [2.75, 3.05) is 17.6 Å². The number of hydrogen-bond donors (Lipinski definition) is 3. The van der Waals surface area contributed by atoms with Gasteiger partial charge in [0.2, 0.25) is 0 Å². The van der Waals surface area contributed by atoms with Crippen molar-refractivity contribution >= 4 is 23.4 Å². The zero-order valence-corrected chi connectivity index (χ0v) is 11.3. The summed E-state index contributed by atoms with van der Waals surface area (Å²) in [7, 11) is 0. The maximum atomic E-state index is 11.3. The number of hydrogen-bond acceptors (Lipinski definition) is 6. The number of nitrogens with one attached hydrogen (secondary N) is 2. The second-order valence-corrected chi connectivity index (χ2v) is 4.81. The first-order valence-electron chi connectivity index (χ1n) is 5.86. The molecule has 0 aliphatic heterocycles. The molecular formula is C12H15N5OS. The predicted octanol–water partition coefficient (Wildman–Crippen LogP) is 1.47. The number of anilines is 2. The van der Waals surface area contributed by atoms with E-state index in [1.807, 2.05) is 19.1 Å². The monoisotopic (exact) mass is 277 g/mol. The van der Waals surface area contributed by atoms with Gasteiger partial charge in [-0.05, 0) is 24.6 Å². The minimum atomic E-state index is -0.238. The van der Waals surface area contributed by atoms with Gasteiger partial charge in [0.25, 0.3) is 5.56 Å². The van der Waals surface area contributed by atoms with Crippen LogP contribution in [0.25, 0.3) is 0 Å². The first-order valence-corrected chi connectivity index (χ1v) is 6.84. The summed E-state index contributed by atoms with van der Waals surface area (Å²) in [6.07, 6.45) is 1.75. The van der Waals surface area contributed by atoms with E-state index in [2.05, 4.69) is 20.3 Å². The highest BCUT2D eigenvalue weighted by atomic mass is 32.2. The highest BCUT2D eigenvalue weighted by Crippen LogP contribution is 2.19. The van der Waals surface area contributed by atoms with Crippen LogP contribution in [0.1, 0.15) is 12.5 Å². The Kier molecular flexibility index (Phi) is 4.40. The van der Waals surface area contributed by atoms with Crippen LogP contribution in [-0.4, -0.2) is 21.5 Å². The summed E-state index contributed by atoms with van der Waals surface area (Å²) < 4.78 is 0. The van der Waals surface area contributed by atoms with Gasteiger partial charge in [0, 0.05) is 24.6 Å². The standard InChI is InChI=1S/C12H15N5OS/c1-2-14-10-5-8(3-4-15-10)7-19-12-16-9(13)6-11(18)17-12/h3-6H,2,7H2,1H3,(H,14,15)(H3,13,16,17,18). The van der Waals surface area contributed by atoms with Gasteiger partial charge in [-0.25, -0.2) is 9.97 Å². The van der Waals surface area contributed by atoms with Crippen molar-refractivity contribution < 1.29 is 0 Å². The first-order chi connectivity index (χ1) is 9.17. The van der Waals surface area contributed by atoms with Crippen LogP contribution < -0.4 is 16.6 Å². The van der Waals surface area contributed by atoms with E-state index in [9.17, 15) is 4.79 Å². The quantitative estimate of drug-likeness (QED) is 0.565. The lowest BCUT2D eigenvalue weighted by Gasteiger charge is -2.05. The van der Waals surface area contributed by atoms with Crippen molar-refractivity contribution in [1.29, 1.82) is 0 Å². The zero-order chi connectivity index (χ0) is 13.7. The molecule has 2 rings (SSSR count). The maximum absolute atomic E-state index is 11.3. The Balaban J connectivity index is 2.05. The van der Waals surface area contributed by atoms with E-state index in [1.54, 1.807) is 6.20 Å². The smallest absolute Gasteiger partial charge is 0.253 e. The molecule has 7 heteroatoms. The molecule has 2 heterocycles. The van der Waals surface area contributed by atoms with Gasteiger partial charge in [-0.15, -0.1) is 0 Å². The third-order valence-electron chi connectivity index (χ3n) is 2.30. The van der Waals surface area contributed by atoms with Gasteiger partial charge >= 0.3 is 0 Å². The molecule has 0 aliphatic rings. The SMILES string of the molecule is CCNc1cc(CSc2nc(N)cc(=O)[nH]2)ccn1. The molecule has 0 atom stereocenters. The molecule has 0 amide bonds. The summed E-state index contributed by atoms with van der Waals surface area (Å²) in [4.78, 5) is 22.2. The van der Waals surface area contributed by atoms with Crippen molar-refractivity contribution in [2.24, 2.45) is 0 Å². The van der Waals surface area contributed by atoms with Crippen molar-refractivity contribution in [3.05, 3.63) is 40.3 Å². The van der Waals surface area contributed by atoms with E-state index >= 15 is 0 Å². The highest BCUT2D eigenvalue weighted by Gasteiger charge is 2.02. The van der Waals surface area contributed by atoms with E-state index in [4.69, 9.17) is 5.73 Å². The van der Waals surface area contributed by atoms with Crippen LogP contribution in [0, 0.1) is 0 Å².